The lowest BCUT2D eigenvalue weighted by molar-refractivity contribution is 0.0786. The molecule has 5 heteroatoms. The number of carbonyl (C=O) groups excluding carboxylic acids is 1. The average Bonchev–Trinajstić information content (AvgIpc) is 2.92. The van der Waals surface area contributed by atoms with E-state index in [0.29, 0.717) is 11.6 Å². The predicted octanol–water partition coefficient (Wildman–Crippen LogP) is 2.17. The van der Waals surface area contributed by atoms with E-state index in [-0.39, 0.29) is 5.91 Å². The van der Waals surface area contributed by atoms with Crippen LogP contribution in [0.15, 0.2) is 12.1 Å². The van der Waals surface area contributed by atoms with Crippen LogP contribution >= 0.6 is 0 Å². The van der Waals surface area contributed by atoms with E-state index in [1.54, 1.807) is 6.07 Å². The molecule has 2 rings (SSSR count). The van der Waals surface area contributed by atoms with E-state index in [1.807, 2.05) is 11.0 Å². The van der Waals surface area contributed by atoms with Crippen molar-refractivity contribution in [3.8, 4) is 0 Å². The second-order valence-electron chi connectivity index (χ2n) is 5.41. The molecular weight excluding hydrogens is 240 g/mol. The molecule has 0 aromatic carbocycles. The second-order valence-corrected chi connectivity index (χ2v) is 5.41. The minimum absolute atomic E-state index is 0.00118. The quantitative estimate of drug-likeness (QED) is 0.883. The maximum Gasteiger partial charge on any atom is 0.274 e. The number of hydrogen-bond donors (Lipinski definition) is 1. The molecule has 0 radical (unpaired) electrons. The fraction of sp³-hybridized carbons (Fsp3) is 0.643. The van der Waals surface area contributed by atoms with Gasteiger partial charge in [-0.05, 0) is 37.3 Å². The van der Waals surface area contributed by atoms with Gasteiger partial charge in [-0.1, -0.05) is 13.8 Å². The smallest absolute Gasteiger partial charge is 0.274 e. The number of amides is 1. The first kappa shape index (κ1) is 13.8. The molecule has 104 valence electrons. The lowest BCUT2D eigenvalue weighted by atomic mass is 10.1. The summed E-state index contributed by atoms with van der Waals surface area (Å²) in [7, 11) is 0. The summed E-state index contributed by atoms with van der Waals surface area (Å²) in [6.45, 7) is 6.94. The van der Waals surface area contributed by atoms with E-state index in [0.717, 1.165) is 44.7 Å². The van der Waals surface area contributed by atoms with E-state index >= 15 is 0 Å². The number of nitrogens with zero attached hydrogens (tertiary/aromatic N) is 3. The number of hydrogen-bond acceptors (Lipinski definition) is 4. The van der Waals surface area contributed by atoms with Crippen LogP contribution in [0.2, 0.25) is 0 Å². The van der Waals surface area contributed by atoms with Gasteiger partial charge in [0, 0.05) is 19.6 Å². The lowest BCUT2D eigenvalue weighted by Crippen LogP contribution is -2.28. The second kappa shape index (κ2) is 6.50. The van der Waals surface area contributed by atoms with Gasteiger partial charge < -0.3 is 10.2 Å². The van der Waals surface area contributed by atoms with Gasteiger partial charge in [0.1, 0.15) is 5.82 Å². The first-order valence-corrected chi connectivity index (χ1v) is 7.03. The Morgan fingerprint density at radius 3 is 2.63 bits per heavy atom. The molecule has 0 atom stereocenters. The van der Waals surface area contributed by atoms with Gasteiger partial charge in [0.25, 0.3) is 5.91 Å². The summed E-state index contributed by atoms with van der Waals surface area (Å²) in [6, 6.07) is 3.59. The highest BCUT2D eigenvalue weighted by Gasteiger charge is 2.20. The van der Waals surface area contributed by atoms with Gasteiger partial charge in [-0.15, -0.1) is 10.2 Å². The van der Waals surface area contributed by atoms with Crippen LogP contribution < -0.4 is 5.32 Å². The average molecular weight is 262 g/mol. The predicted molar refractivity (Wildman–Crippen MR) is 75.1 cm³/mol. The third-order valence-corrected chi connectivity index (χ3v) is 3.30. The number of rotatable bonds is 5. The molecule has 5 nitrogen and oxygen atoms in total. The molecule has 1 aromatic rings. The van der Waals surface area contributed by atoms with Crippen LogP contribution in [0, 0.1) is 5.92 Å². The summed E-state index contributed by atoms with van der Waals surface area (Å²) in [5, 5.41) is 11.3. The zero-order valence-electron chi connectivity index (χ0n) is 11.7. The summed E-state index contributed by atoms with van der Waals surface area (Å²) in [4.78, 5) is 13.9. The summed E-state index contributed by atoms with van der Waals surface area (Å²) in [5.74, 6) is 1.40. The van der Waals surface area contributed by atoms with Crippen molar-refractivity contribution in [1.82, 2.24) is 15.1 Å². The van der Waals surface area contributed by atoms with Crippen molar-refractivity contribution in [3.63, 3.8) is 0 Å². The minimum Gasteiger partial charge on any atom is -0.369 e. The fourth-order valence-corrected chi connectivity index (χ4v) is 2.11. The lowest BCUT2D eigenvalue weighted by Gasteiger charge is -2.14. The van der Waals surface area contributed by atoms with Gasteiger partial charge in [0.2, 0.25) is 0 Å². The number of aromatic nitrogens is 2. The first-order chi connectivity index (χ1) is 9.16. The number of nitrogens with one attached hydrogen (secondary N) is 1. The SMILES string of the molecule is CC(C)CCNc1ccc(C(=O)N2CCCC2)nn1. The Bertz CT molecular complexity index is 410. The summed E-state index contributed by atoms with van der Waals surface area (Å²) in [6.07, 6.45) is 3.28. The van der Waals surface area contributed by atoms with Gasteiger partial charge in [0.15, 0.2) is 5.69 Å². The van der Waals surface area contributed by atoms with Crippen LogP contribution in [-0.2, 0) is 0 Å². The number of likely N-dealkylation sites (tertiary alicyclic amines) is 1. The molecule has 2 heterocycles. The topological polar surface area (TPSA) is 58.1 Å². The minimum atomic E-state index is -0.00118. The molecule has 1 saturated heterocycles. The van der Waals surface area contributed by atoms with E-state index in [2.05, 4.69) is 29.4 Å². The Balaban J connectivity index is 1.88. The van der Waals surface area contributed by atoms with Crippen LogP contribution in [-0.4, -0.2) is 40.6 Å². The molecule has 1 aliphatic heterocycles. The number of carbonyl (C=O) groups is 1. The normalized spacial score (nSPS) is 15.0. The molecule has 1 amide bonds. The van der Waals surface area contributed by atoms with Gasteiger partial charge in [-0.25, -0.2) is 0 Å². The maximum atomic E-state index is 12.1. The highest BCUT2D eigenvalue weighted by molar-refractivity contribution is 5.92. The monoisotopic (exact) mass is 262 g/mol. The van der Waals surface area contributed by atoms with Crippen molar-refractivity contribution >= 4 is 11.7 Å². The summed E-state index contributed by atoms with van der Waals surface area (Å²) in [5.41, 5.74) is 0.441. The molecule has 0 aliphatic carbocycles. The number of anilines is 1. The van der Waals surface area contributed by atoms with E-state index in [4.69, 9.17) is 0 Å². The molecule has 1 aliphatic rings. The molecule has 0 spiro atoms. The maximum absolute atomic E-state index is 12.1. The van der Waals surface area contributed by atoms with Crippen LogP contribution in [0.3, 0.4) is 0 Å². The van der Waals surface area contributed by atoms with Crippen LogP contribution in [0.4, 0.5) is 5.82 Å². The van der Waals surface area contributed by atoms with Gasteiger partial charge in [-0.2, -0.15) is 0 Å². The van der Waals surface area contributed by atoms with Gasteiger partial charge in [-0.3, -0.25) is 4.79 Å². The third kappa shape index (κ3) is 3.91. The molecule has 0 unspecified atom stereocenters. The largest absolute Gasteiger partial charge is 0.369 e. The van der Waals surface area contributed by atoms with Crippen molar-refractivity contribution in [3.05, 3.63) is 17.8 Å². The molecule has 0 saturated carbocycles. The Kier molecular flexibility index (Phi) is 4.71. The third-order valence-electron chi connectivity index (χ3n) is 3.30. The summed E-state index contributed by atoms with van der Waals surface area (Å²) < 4.78 is 0. The first-order valence-electron chi connectivity index (χ1n) is 7.03. The van der Waals surface area contributed by atoms with Crippen molar-refractivity contribution < 1.29 is 4.79 Å². The van der Waals surface area contributed by atoms with Crippen LogP contribution in [0.1, 0.15) is 43.6 Å². The highest BCUT2D eigenvalue weighted by Crippen LogP contribution is 2.12. The molecule has 0 bridgehead atoms. The fourth-order valence-electron chi connectivity index (χ4n) is 2.11. The Labute approximate surface area is 114 Å². The van der Waals surface area contributed by atoms with Crippen molar-refractivity contribution in [2.75, 3.05) is 25.0 Å². The molecule has 1 fully saturated rings. The van der Waals surface area contributed by atoms with Crippen molar-refractivity contribution in [2.45, 2.75) is 33.1 Å². The Hall–Kier alpha value is -1.65. The standard InChI is InChI=1S/C14H22N4O/c1-11(2)7-8-15-13-6-5-12(16-17-13)14(19)18-9-3-4-10-18/h5-6,11H,3-4,7-10H2,1-2H3,(H,15,17). The van der Waals surface area contributed by atoms with Crippen molar-refractivity contribution in [1.29, 1.82) is 0 Å². The highest BCUT2D eigenvalue weighted by atomic mass is 16.2. The molecule has 1 aromatic heterocycles. The molecular formula is C14H22N4O. The summed E-state index contributed by atoms with van der Waals surface area (Å²) >= 11 is 0. The van der Waals surface area contributed by atoms with Crippen LogP contribution in [0.5, 0.6) is 0 Å². The van der Waals surface area contributed by atoms with E-state index < -0.39 is 0 Å². The van der Waals surface area contributed by atoms with Crippen LogP contribution in [0.25, 0.3) is 0 Å². The van der Waals surface area contributed by atoms with Gasteiger partial charge in [0.05, 0.1) is 0 Å². The van der Waals surface area contributed by atoms with Gasteiger partial charge >= 0.3 is 0 Å². The molecule has 1 N–H and O–H groups in total. The van der Waals surface area contributed by atoms with E-state index in [1.165, 1.54) is 0 Å². The Morgan fingerprint density at radius 1 is 1.32 bits per heavy atom. The molecule has 19 heavy (non-hydrogen) atoms. The zero-order valence-corrected chi connectivity index (χ0v) is 11.7. The van der Waals surface area contributed by atoms with E-state index in [9.17, 15) is 4.79 Å². The zero-order chi connectivity index (χ0) is 13.7. The van der Waals surface area contributed by atoms with Crippen molar-refractivity contribution in [2.24, 2.45) is 5.92 Å². The Morgan fingerprint density at radius 2 is 2.05 bits per heavy atom.